The maximum atomic E-state index is 4.52. The smallest absolute Gasteiger partial charge is 0.264 e. The van der Waals surface area contributed by atoms with Crippen molar-refractivity contribution in [3.05, 3.63) is 48.5 Å². The first kappa shape index (κ1) is 10.1. The number of hydrogen-bond acceptors (Lipinski definition) is 2. The number of imidazole rings is 2. The van der Waals surface area contributed by atoms with Crippen molar-refractivity contribution in [1.29, 1.82) is 0 Å². The van der Waals surface area contributed by atoms with Crippen LogP contribution in [0, 0.1) is 0 Å². The van der Waals surface area contributed by atoms with Gasteiger partial charge in [0.25, 0.3) is 5.65 Å². The molecule has 0 saturated carbocycles. The van der Waals surface area contributed by atoms with Crippen molar-refractivity contribution in [2.45, 2.75) is 6.54 Å². The Balaban J connectivity index is 1.97. The Kier molecular flexibility index (Phi) is 1.65. The normalized spacial score (nSPS) is 13.1. The zero-order valence-electron chi connectivity index (χ0n) is 11.0. The molecule has 0 atom stereocenters. The number of hydrogen-bond donors (Lipinski definition) is 0. The molecule has 5 heterocycles. The lowest BCUT2D eigenvalue weighted by molar-refractivity contribution is -0.482. The van der Waals surface area contributed by atoms with E-state index in [2.05, 4.69) is 48.9 Å². The van der Waals surface area contributed by atoms with Gasteiger partial charge in [-0.15, -0.1) is 4.98 Å². The number of pyridine rings is 2. The van der Waals surface area contributed by atoms with Gasteiger partial charge in [0.05, 0.1) is 18.9 Å². The molecule has 4 aromatic heterocycles. The first-order valence-electron chi connectivity index (χ1n) is 6.62. The lowest BCUT2D eigenvalue weighted by Gasteiger charge is -1.94. The standard InChI is InChI=1S/C15H12N5/c1-18-12-3-2-5-17-14(12)20-9-13-11-4-6-16-7-10(11)8-19(13)15(18)20/h2-7,9H,8H2,1H3/q+1. The third-order valence-corrected chi connectivity index (χ3v) is 4.16. The van der Waals surface area contributed by atoms with Crippen LogP contribution in [0.1, 0.15) is 5.56 Å². The second-order valence-electron chi connectivity index (χ2n) is 5.21. The molecule has 5 rings (SSSR count). The summed E-state index contributed by atoms with van der Waals surface area (Å²) in [5, 5.41) is 0. The molecule has 4 aromatic rings. The highest BCUT2D eigenvalue weighted by Crippen LogP contribution is 2.32. The second kappa shape index (κ2) is 3.25. The van der Waals surface area contributed by atoms with Crippen LogP contribution in [0.15, 0.2) is 43.0 Å². The van der Waals surface area contributed by atoms with E-state index in [1.807, 2.05) is 24.7 Å². The fourth-order valence-corrected chi connectivity index (χ4v) is 3.27. The predicted octanol–water partition coefficient (Wildman–Crippen LogP) is 1.54. The van der Waals surface area contributed by atoms with Crippen LogP contribution in [0.25, 0.3) is 28.2 Å². The minimum absolute atomic E-state index is 0.874. The molecule has 0 bridgehead atoms. The summed E-state index contributed by atoms with van der Waals surface area (Å²) in [4.78, 5) is 8.74. The lowest BCUT2D eigenvalue weighted by Crippen LogP contribution is -2.19. The van der Waals surface area contributed by atoms with Crippen LogP contribution < -0.4 is 4.40 Å². The van der Waals surface area contributed by atoms with E-state index in [0.29, 0.717) is 0 Å². The van der Waals surface area contributed by atoms with Crippen LogP contribution in [-0.2, 0) is 13.6 Å². The Bertz CT molecular complexity index is 992. The highest BCUT2D eigenvalue weighted by atomic mass is 15.3. The zero-order chi connectivity index (χ0) is 13.3. The summed E-state index contributed by atoms with van der Waals surface area (Å²) in [6, 6.07) is 6.17. The van der Waals surface area contributed by atoms with Crippen LogP contribution in [0.4, 0.5) is 0 Å². The molecule has 0 aromatic carbocycles. The Morgan fingerprint density at radius 2 is 2.20 bits per heavy atom. The predicted molar refractivity (Wildman–Crippen MR) is 74.2 cm³/mol. The third kappa shape index (κ3) is 1.02. The second-order valence-corrected chi connectivity index (χ2v) is 5.21. The SMILES string of the molecule is Cn1c2cccnc2[n+]2cc3n(c12)Cc1cnccc1-3. The van der Waals surface area contributed by atoms with Gasteiger partial charge in [-0.25, -0.2) is 9.13 Å². The van der Waals surface area contributed by atoms with Crippen LogP contribution in [0.5, 0.6) is 0 Å². The van der Waals surface area contributed by atoms with Crippen LogP contribution in [0.3, 0.4) is 0 Å². The van der Waals surface area contributed by atoms with E-state index in [0.717, 1.165) is 23.5 Å². The summed E-state index contributed by atoms with van der Waals surface area (Å²) < 4.78 is 6.70. The van der Waals surface area contributed by atoms with Gasteiger partial charge in [0.2, 0.25) is 0 Å². The molecule has 0 aliphatic carbocycles. The summed E-state index contributed by atoms with van der Waals surface area (Å²) in [5.41, 5.74) is 5.94. The maximum absolute atomic E-state index is 4.52. The van der Waals surface area contributed by atoms with E-state index >= 15 is 0 Å². The summed E-state index contributed by atoms with van der Waals surface area (Å²) >= 11 is 0. The van der Waals surface area contributed by atoms with Gasteiger partial charge in [0.1, 0.15) is 5.69 Å². The molecule has 20 heavy (non-hydrogen) atoms. The van der Waals surface area contributed by atoms with Crippen LogP contribution in [-0.4, -0.2) is 19.1 Å². The van der Waals surface area contributed by atoms with Crippen LogP contribution >= 0.6 is 0 Å². The first-order valence-corrected chi connectivity index (χ1v) is 6.62. The fraction of sp³-hybridized carbons (Fsp3) is 0.133. The molecule has 0 spiro atoms. The summed E-state index contributed by atoms with van der Waals surface area (Å²) in [6.45, 7) is 0.874. The quantitative estimate of drug-likeness (QED) is 0.397. The van der Waals surface area contributed by atoms with E-state index in [-0.39, 0.29) is 0 Å². The molecule has 5 heteroatoms. The molecule has 0 N–H and O–H groups in total. The zero-order valence-corrected chi connectivity index (χ0v) is 11.0. The molecule has 0 unspecified atom stereocenters. The maximum Gasteiger partial charge on any atom is 0.329 e. The van der Waals surface area contributed by atoms with E-state index < -0.39 is 0 Å². The minimum Gasteiger partial charge on any atom is -0.264 e. The molecule has 0 saturated heterocycles. The Morgan fingerprint density at radius 1 is 1.25 bits per heavy atom. The van der Waals surface area contributed by atoms with Gasteiger partial charge in [0, 0.05) is 30.6 Å². The van der Waals surface area contributed by atoms with Crippen molar-refractivity contribution in [2.24, 2.45) is 7.05 Å². The molecule has 5 nitrogen and oxygen atoms in total. The van der Waals surface area contributed by atoms with Crippen molar-refractivity contribution in [1.82, 2.24) is 19.1 Å². The van der Waals surface area contributed by atoms with Gasteiger partial charge >= 0.3 is 5.78 Å². The Labute approximate surface area is 114 Å². The monoisotopic (exact) mass is 262 g/mol. The molecule has 96 valence electrons. The Morgan fingerprint density at radius 3 is 3.15 bits per heavy atom. The van der Waals surface area contributed by atoms with Gasteiger partial charge < -0.3 is 0 Å². The van der Waals surface area contributed by atoms with Crippen molar-refractivity contribution in [3.63, 3.8) is 0 Å². The first-order chi connectivity index (χ1) is 9.84. The molecule has 1 aliphatic heterocycles. The number of fused-ring (bicyclic) bond motifs is 7. The molecule has 0 fully saturated rings. The number of aryl methyl sites for hydroxylation is 1. The fourth-order valence-electron chi connectivity index (χ4n) is 3.27. The van der Waals surface area contributed by atoms with Crippen molar-refractivity contribution < 1.29 is 4.40 Å². The molecular formula is C15H12N5+. The minimum atomic E-state index is 0.874. The number of rotatable bonds is 0. The van der Waals surface area contributed by atoms with Crippen molar-refractivity contribution >= 4 is 16.9 Å². The van der Waals surface area contributed by atoms with Gasteiger partial charge in [-0.1, -0.05) is 0 Å². The van der Waals surface area contributed by atoms with Crippen molar-refractivity contribution in [3.8, 4) is 11.3 Å². The average Bonchev–Trinajstić information content (AvgIpc) is 3.09. The molecule has 0 radical (unpaired) electrons. The van der Waals surface area contributed by atoms with E-state index in [1.54, 1.807) is 0 Å². The third-order valence-electron chi connectivity index (χ3n) is 4.16. The summed E-state index contributed by atoms with van der Waals surface area (Å²) in [5.74, 6) is 1.16. The average molecular weight is 262 g/mol. The lowest BCUT2D eigenvalue weighted by atomic mass is 10.1. The largest absolute Gasteiger partial charge is 0.329 e. The number of aromatic nitrogens is 5. The van der Waals surface area contributed by atoms with Crippen LogP contribution in [0.2, 0.25) is 0 Å². The van der Waals surface area contributed by atoms with E-state index in [9.17, 15) is 0 Å². The van der Waals surface area contributed by atoms with Gasteiger partial charge in [-0.2, -0.15) is 4.40 Å². The van der Waals surface area contributed by atoms with Crippen molar-refractivity contribution in [2.75, 3.05) is 0 Å². The van der Waals surface area contributed by atoms with Gasteiger partial charge in [-0.05, 0) is 18.2 Å². The summed E-state index contributed by atoms with van der Waals surface area (Å²) in [6.07, 6.45) is 7.83. The topological polar surface area (TPSA) is 39.7 Å². The summed E-state index contributed by atoms with van der Waals surface area (Å²) in [7, 11) is 2.09. The Hall–Kier alpha value is -2.69. The number of nitrogens with zero attached hydrogens (tertiary/aromatic N) is 5. The molecule has 0 amide bonds. The van der Waals surface area contributed by atoms with E-state index in [1.165, 1.54) is 16.8 Å². The van der Waals surface area contributed by atoms with Gasteiger partial charge in [0.15, 0.2) is 5.52 Å². The highest BCUT2D eigenvalue weighted by Gasteiger charge is 2.29. The van der Waals surface area contributed by atoms with Gasteiger partial charge in [-0.3, -0.25) is 4.98 Å². The molecule has 1 aliphatic rings. The highest BCUT2D eigenvalue weighted by molar-refractivity contribution is 5.74. The van der Waals surface area contributed by atoms with E-state index in [4.69, 9.17) is 0 Å². The molecular weight excluding hydrogens is 250 g/mol.